The molecule has 108 valence electrons. The number of aromatic hydroxyl groups is 1. The molecule has 0 heterocycles. The van der Waals surface area contributed by atoms with Crippen LogP contribution in [-0.4, -0.2) is 18.0 Å². The normalized spacial score (nSPS) is 10.8. The fourth-order valence-corrected chi connectivity index (χ4v) is 2.28. The second-order valence-electron chi connectivity index (χ2n) is 4.86. The number of methoxy groups -OCH3 is 1. The minimum atomic E-state index is -0.231. The lowest BCUT2D eigenvalue weighted by molar-refractivity contribution is 0.104. The van der Waals surface area contributed by atoms with Gasteiger partial charge in [-0.25, -0.2) is 0 Å². The van der Waals surface area contributed by atoms with Gasteiger partial charge in [-0.2, -0.15) is 0 Å². The molecule has 0 spiro atoms. The summed E-state index contributed by atoms with van der Waals surface area (Å²) in [6.07, 6.45) is 3.20. The summed E-state index contributed by atoms with van der Waals surface area (Å²) in [5.41, 5.74) is 2.63. The fourth-order valence-electron chi connectivity index (χ4n) is 2.28. The molecular formula is C18H18O3. The van der Waals surface area contributed by atoms with Crippen LogP contribution in [0.15, 0.2) is 42.5 Å². The summed E-state index contributed by atoms with van der Waals surface area (Å²) in [5, 5.41) is 10.2. The van der Waals surface area contributed by atoms with E-state index in [4.69, 9.17) is 4.74 Å². The van der Waals surface area contributed by atoms with E-state index in [-0.39, 0.29) is 17.1 Å². The van der Waals surface area contributed by atoms with Gasteiger partial charge in [-0.15, -0.1) is 0 Å². The number of benzene rings is 2. The van der Waals surface area contributed by atoms with Crippen molar-refractivity contribution in [3.05, 3.63) is 64.7 Å². The van der Waals surface area contributed by atoms with Gasteiger partial charge in [0.1, 0.15) is 11.5 Å². The van der Waals surface area contributed by atoms with Crippen molar-refractivity contribution in [2.75, 3.05) is 7.11 Å². The first kappa shape index (κ1) is 14.9. The minimum absolute atomic E-state index is 0.0276. The number of phenols is 1. The predicted molar refractivity (Wildman–Crippen MR) is 83.9 cm³/mol. The van der Waals surface area contributed by atoms with E-state index in [0.29, 0.717) is 11.3 Å². The number of hydrogen-bond acceptors (Lipinski definition) is 3. The molecule has 0 saturated carbocycles. The molecule has 0 unspecified atom stereocenters. The molecule has 3 nitrogen and oxygen atoms in total. The summed E-state index contributed by atoms with van der Waals surface area (Å²) in [5.74, 6) is 0.349. The smallest absolute Gasteiger partial charge is 0.189 e. The molecular weight excluding hydrogens is 264 g/mol. The van der Waals surface area contributed by atoms with Crippen molar-refractivity contribution in [2.45, 2.75) is 13.8 Å². The van der Waals surface area contributed by atoms with E-state index in [1.54, 1.807) is 26.2 Å². The first-order chi connectivity index (χ1) is 10.0. The van der Waals surface area contributed by atoms with Gasteiger partial charge < -0.3 is 9.84 Å². The Labute approximate surface area is 124 Å². The Morgan fingerprint density at radius 2 is 1.86 bits per heavy atom. The maximum absolute atomic E-state index is 12.3. The van der Waals surface area contributed by atoms with Crippen molar-refractivity contribution in [3.63, 3.8) is 0 Å². The second kappa shape index (κ2) is 6.27. The summed E-state index contributed by atoms with van der Waals surface area (Å²) in [7, 11) is 1.55. The van der Waals surface area contributed by atoms with Crippen LogP contribution in [0, 0.1) is 13.8 Å². The molecule has 0 amide bonds. The Balaban J connectivity index is 2.34. The summed E-state index contributed by atoms with van der Waals surface area (Å²) in [6, 6.07) is 11.2. The highest BCUT2D eigenvalue weighted by Crippen LogP contribution is 2.34. The van der Waals surface area contributed by atoms with E-state index in [1.165, 1.54) is 6.08 Å². The average Bonchev–Trinajstić information content (AvgIpc) is 2.50. The van der Waals surface area contributed by atoms with Crippen molar-refractivity contribution in [2.24, 2.45) is 0 Å². The van der Waals surface area contributed by atoms with Gasteiger partial charge in [0.25, 0.3) is 0 Å². The lowest BCUT2D eigenvalue weighted by Crippen LogP contribution is -2.00. The van der Waals surface area contributed by atoms with Crippen LogP contribution in [0.3, 0.4) is 0 Å². The van der Waals surface area contributed by atoms with E-state index in [2.05, 4.69) is 0 Å². The van der Waals surface area contributed by atoms with Gasteiger partial charge in [0.05, 0.1) is 12.7 Å². The van der Waals surface area contributed by atoms with Crippen molar-refractivity contribution in [3.8, 4) is 11.5 Å². The Morgan fingerprint density at radius 1 is 1.19 bits per heavy atom. The number of allylic oxidation sites excluding steroid dienone is 1. The van der Waals surface area contributed by atoms with Gasteiger partial charge >= 0.3 is 0 Å². The predicted octanol–water partition coefficient (Wildman–Crippen LogP) is 3.91. The molecule has 0 aliphatic carbocycles. The molecule has 0 radical (unpaired) electrons. The van der Waals surface area contributed by atoms with E-state index in [0.717, 1.165) is 11.1 Å². The third-order valence-electron chi connectivity index (χ3n) is 3.37. The molecule has 0 saturated heterocycles. The number of carbonyl (C=O) groups excluding carboxylic acids is 1. The standard InChI is InChI=1S/C18H18O3/c1-12-11-15(17(20)13(2)18(12)21-3)16(19)10-9-14-7-5-4-6-8-14/h4-11,20H,1-3H3/b10-9+. The zero-order chi connectivity index (χ0) is 15.4. The molecule has 0 bridgehead atoms. The third kappa shape index (κ3) is 3.14. The van der Waals surface area contributed by atoms with Gasteiger partial charge in [0.2, 0.25) is 0 Å². The number of ketones is 1. The van der Waals surface area contributed by atoms with Crippen LogP contribution in [0.2, 0.25) is 0 Å². The fraction of sp³-hybridized carbons (Fsp3) is 0.167. The lowest BCUT2D eigenvalue weighted by atomic mass is 10.0. The van der Waals surface area contributed by atoms with Crippen LogP contribution in [0.25, 0.3) is 6.08 Å². The Kier molecular flexibility index (Phi) is 4.43. The molecule has 21 heavy (non-hydrogen) atoms. The van der Waals surface area contributed by atoms with Crippen molar-refractivity contribution in [1.82, 2.24) is 0 Å². The first-order valence-electron chi connectivity index (χ1n) is 6.69. The van der Waals surface area contributed by atoms with Crippen molar-refractivity contribution in [1.29, 1.82) is 0 Å². The third-order valence-corrected chi connectivity index (χ3v) is 3.37. The molecule has 2 aromatic rings. The Morgan fingerprint density at radius 3 is 2.48 bits per heavy atom. The van der Waals surface area contributed by atoms with E-state index in [9.17, 15) is 9.90 Å². The summed E-state index contributed by atoms with van der Waals surface area (Å²) >= 11 is 0. The largest absolute Gasteiger partial charge is 0.507 e. The highest BCUT2D eigenvalue weighted by Gasteiger charge is 2.16. The number of aryl methyl sites for hydroxylation is 1. The van der Waals surface area contributed by atoms with E-state index < -0.39 is 0 Å². The molecule has 0 aliphatic heterocycles. The Hall–Kier alpha value is -2.55. The number of rotatable bonds is 4. The van der Waals surface area contributed by atoms with Crippen LogP contribution in [0.4, 0.5) is 0 Å². The molecule has 3 heteroatoms. The van der Waals surface area contributed by atoms with E-state index >= 15 is 0 Å². The number of hydrogen-bond donors (Lipinski definition) is 1. The molecule has 2 aromatic carbocycles. The first-order valence-corrected chi connectivity index (χ1v) is 6.69. The van der Waals surface area contributed by atoms with Crippen LogP contribution in [-0.2, 0) is 0 Å². The molecule has 0 atom stereocenters. The highest BCUT2D eigenvalue weighted by atomic mass is 16.5. The number of ether oxygens (including phenoxy) is 1. The zero-order valence-corrected chi connectivity index (χ0v) is 12.4. The van der Waals surface area contributed by atoms with E-state index in [1.807, 2.05) is 37.3 Å². The molecule has 2 rings (SSSR count). The Bertz CT molecular complexity index is 685. The monoisotopic (exact) mass is 282 g/mol. The van der Waals surface area contributed by atoms with Crippen molar-refractivity contribution < 1.29 is 14.6 Å². The van der Waals surface area contributed by atoms with Crippen LogP contribution in [0.1, 0.15) is 27.0 Å². The number of phenolic OH excluding ortho intramolecular Hbond substituents is 1. The van der Waals surface area contributed by atoms with Gasteiger partial charge in [-0.3, -0.25) is 4.79 Å². The maximum Gasteiger partial charge on any atom is 0.189 e. The average molecular weight is 282 g/mol. The molecule has 1 N–H and O–H groups in total. The topological polar surface area (TPSA) is 46.5 Å². The molecule has 0 fully saturated rings. The van der Waals surface area contributed by atoms with Crippen molar-refractivity contribution >= 4 is 11.9 Å². The van der Waals surface area contributed by atoms with Crippen LogP contribution >= 0.6 is 0 Å². The summed E-state index contributed by atoms with van der Waals surface area (Å²) < 4.78 is 5.23. The van der Waals surface area contributed by atoms with Crippen LogP contribution in [0.5, 0.6) is 11.5 Å². The maximum atomic E-state index is 12.3. The highest BCUT2D eigenvalue weighted by molar-refractivity contribution is 6.09. The SMILES string of the molecule is COc1c(C)cc(C(=O)/C=C/c2ccccc2)c(O)c1C. The lowest BCUT2D eigenvalue weighted by Gasteiger charge is -2.12. The van der Waals surface area contributed by atoms with Gasteiger partial charge in [0, 0.05) is 5.56 Å². The van der Waals surface area contributed by atoms with Gasteiger partial charge in [-0.1, -0.05) is 36.4 Å². The summed E-state index contributed by atoms with van der Waals surface area (Å²) in [4.78, 5) is 12.3. The molecule has 0 aliphatic rings. The number of carbonyl (C=O) groups is 1. The van der Waals surface area contributed by atoms with Gasteiger partial charge in [-0.05, 0) is 37.1 Å². The quantitative estimate of drug-likeness (QED) is 0.683. The summed E-state index contributed by atoms with van der Waals surface area (Å²) in [6.45, 7) is 3.59. The second-order valence-corrected chi connectivity index (χ2v) is 4.86. The van der Waals surface area contributed by atoms with Crippen LogP contribution < -0.4 is 4.74 Å². The molecule has 0 aromatic heterocycles. The zero-order valence-electron chi connectivity index (χ0n) is 12.4. The van der Waals surface area contributed by atoms with Gasteiger partial charge in [0.15, 0.2) is 5.78 Å². The minimum Gasteiger partial charge on any atom is -0.507 e.